The van der Waals surface area contributed by atoms with Crippen LogP contribution < -0.4 is 10.6 Å². The molecule has 2 N–H and O–H groups in total. The molecule has 1 aromatic heterocycles. The number of hydrogen-bond donors (Lipinski definition) is 2. The van der Waals surface area contributed by atoms with E-state index in [1.807, 2.05) is 6.92 Å². The number of benzene rings is 1. The Kier molecular flexibility index (Phi) is 6.33. The number of aliphatic imine (C=N–C) groups is 1. The largest absolute Gasteiger partial charge is 0.356 e. The minimum atomic E-state index is -0.232. The molecule has 0 spiro atoms. The molecule has 1 aromatic carbocycles. The monoisotopic (exact) mass is 384 g/mol. The average molecular weight is 385 g/mol. The van der Waals surface area contributed by atoms with Crippen LogP contribution in [0, 0.1) is 12.7 Å². The summed E-state index contributed by atoms with van der Waals surface area (Å²) in [5.41, 5.74) is 1.66. The van der Waals surface area contributed by atoms with Crippen LogP contribution in [0.1, 0.15) is 16.3 Å². The van der Waals surface area contributed by atoms with Crippen LogP contribution in [-0.4, -0.2) is 24.5 Å². The van der Waals surface area contributed by atoms with Gasteiger partial charge in [0.1, 0.15) is 5.82 Å². The average Bonchev–Trinajstić information content (AvgIpc) is 2.91. The van der Waals surface area contributed by atoms with E-state index in [0.717, 1.165) is 28.1 Å². The molecule has 0 atom stereocenters. The van der Waals surface area contributed by atoms with Gasteiger partial charge in [-0.3, -0.25) is 4.99 Å². The summed E-state index contributed by atoms with van der Waals surface area (Å²) in [7, 11) is 1.69. The lowest BCUT2D eigenvalue weighted by Crippen LogP contribution is -2.38. The van der Waals surface area contributed by atoms with E-state index in [4.69, 9.17) is 0 Å². The fraction of sp³-hybridized carbons (Fsp3) is 0.333. The molecule has 0 aliphatic carbocycles. The summed E-state index contributed by atoms with van der Waals surface area (Å²) in [6.07, 6.45) is 0.830. The van der Waals surface area contributed by atoms with Crippen LogP contribution in [0.5, 0.6) is 0 Å². The van der Waals surface area contributed by atoms with Gasteiger partial charge in [-0.05, 0) is 25.1 Å². The molecule has 1 heterocycles. The molecule has 0 aliphatic heterocycles. The van der Waals surface area contributed by atoms with Crippen LogP contribution in [0.2, 0.25) is 0 Å². The summed E-state index contributed by atoms with van der Waals surface area (Å²) < 4.78 is 14.5. The van der Waals surface area contributed by atoms with Gasteiger partial charge in [0.2, 0.25) is 0 Å². The van der Waals surface area contributed by atoms with E-state index >= 15 is 0 Å². The van der Waals surface area contributed by atoms with Crippen molar-refractivity contribution in [3.63, 3.8) is 0 Å². The first-order valence-corrected chi connectivity index (χ1v) is 8.55. The zero-order chi connectivity index (χ0) is 15.9. The highest BCUT2D eigenvalue weighted by Crippen LogP contribution is 2.15. The number of nitrogens with zero attached hydrogens (tertiary/aromatic N) is 2. The van der Waals surface area contributed by atoms with Crippen molar-refractivity contribution in [1.82, 2.24) is 15.6 Å². The quantitative estimate of drug-likeness (QED) is 0.614. The summed E-state index contributed by atoms with van der Waals surface area (Å²) in [5, 5.41) is 9.44. The molecule has 0 saturated heterocycles. The summed E-state index contributed by atoms with van der Waals surface area (Å²) in [4.78, 5) is 8.55. The first kappa shape index (κ1) is 16.9. The van der Waals surface area contributed by atoms with E-state index in [2.05, 4.69) is 41.9 Å². The second kappa shape index (κ2) is 8.24. The molecular weight excluding hydrogens is 367 g/mol. The lowest BCUT2D eigenvalue weighted by molar-refractivity contribution is 0.604. The van der Waals surface area contributed by atoms with E-state index in [0.29, 0.717) is 18.1 Å². The highest BCUT2D eigenvalue weighted by molar-refractivity contribution is 9.10. The van der Waals surface area contributed by atoms with Crippen molar-refractivity contribution < 1.29 is 4.39 Å². The van der Waals surface area contributed by atoms with E-state index in [1.54, 1.807) is 30.5 Å². The Morgan fingerprint density at radius 3 is 2.91 bits per heavy atom. The van der Waals surface area contributed by atoms with E-state index in [-0.39, 0.29) is 5.82 Å². The zero-order valence-corrected chi connectivity index (χ0v) is 14.9. The predicted octanol–water partition coefficient (Wildman–Crippen LogP) is 3.26. The van der Waals surface area contributed by atoms with Crippen molar-refractivity contribution in [2.45, 2.75) is 19.9 Å². The van der Waals surface area contributed by atoms with Gasteiger partial charge in [0.05, 0.1) is 10.7 Å². The van der Waals surface area contributed by atoms with Crippen LogP contribution in [-0.2, 0) is 13.0 Å². The van der Waals surface area contributed by atoms with E-state index < -0.39 is 0 Å². The summed E-state index contributed by atoms with van der Waals surface area (Å²) >= 11 is 4.99. The van der Waals surface area contributed by atoms with Crippen LogP contribution in [0.3, 0.4) is 0 Å². The standard InChI is InChI=1S/C15H18BrFN4S/c1-10-21-13(9-22-10)5-6-19-15(18-2)20-8-11-7-12(16)3-4-14(11)17/h3-4,7,9H,5-6,8H2,1-2H3,(H2,18,19,20). The normalized spacial score (nSPS) is 11.5. The van der Waals surface area contributed by atoms with E-state index in [1.165, 1.54) is 6.07 Å². The Morgan fingerprint density at radius 1 is 1.41 bits per heavy atom. The molecule has 22 heavy (non-hydrogen) atoms. The summed E-state index contributed by atoms with van der Waals surface area (Å²) in [6, 6.07) is 4.89. The Balaban J connectivity index is 1.81. The van der Waals surface area contributed by atoms with Crippen LogP contribution >= 0.6 is 27.3 Å². The lowest BCUT2D eigenvalue weighted by Gasteiger charge is -2.12. The number of rotatable bonds is 5. The minimum Gasteiger partial charge on any atom is -0.356 e. The predicted molar refractivity (Wildman–Crippen MR) is 92.9 cm³/mol. The number of aryl methyl sites for hydroxylation is 1. The van der Waals surface area contributed by atoms with Crippen molar-refractivity contribution in [1.29, 1.82) is 0 Å². The topological polar surface area (TPSA) is 49.3 Å². The molecule has 4 nitrogen and oxygen atoms in total. The van der Waals surface area contributed by atoms with Gasteiger partial charge in [-0.2, -0.15) is 0 Å². The first-order valence-electron chi connectivity index (χ1n) is 6.88. The summed E-state index contributed by atoms with van der Waals surface area (Å²) in [6.45, 7) is 3.10. The van der Waals surface area contributed by atoms with E-state index in [9.17, 15) is 4.39 Å². The van der Waals surface area contributed by atoms with Gasteiger partial charge in [0, 0.05) is 42.0 Å². The molecule has 0 fully saturated rings. The van der Waals surface area contributed by atoms with Crippen LogP contribution in [0.4, 0.5) is 4.39 Å². The first-order chi connectivity index (χ1) is 10.6. The van der Waals surface area contributed by atoms with Gasteiger partial charge < -0.3 is 10.6 Å². The molecule has 0 unspecified atom stereocenters. The number of guanidine groups is 1. The molecule has 0 radical (unpaired) electrons. The Hall–Kier alpha value is -1.47. The van der Waals surface area contributed by atoms with Gasteiger partial charge >= 0.3 is 0 Å². The van der Waals surface area contributed by atoms with Gasteiger partial charge in [-0.15, -0.1) is 11.3 Å². The zero-order valence-electron chi connectivity index (χ0n) is 12.5. The number of halogens is 2. The maximum Gasteiger partial charge on any atom is 0.191 e. The Morgan fingerprint density at radius 2 is 2.23 bits per heavy atom. The highest BCUT2D eigenvalue weighted by Gasteiger charge is 2.05. The molecule has 0 aliphatic rings. The summed E-state index contributed by atoms with van der Waals surface area (Å²) in [5.74, 6) is 0.412. The molecular formula is C15H18BrFN4S. The molecule has 0 bridgehead atoms. The smallest absolute Gasteiger partial charge is 0.191 e. The van der Waals surface area contributed by atoms with Gasteiger partial charge in [0.15, 0.2) is 5.96 Å². The third kappa shape index (κ3) is 5.06. The van der Waals surface area contributed by atoms with Crippen molar-refractivity contribution >= 4 is 33.2 Å². The maximum atomic E-state index is 13.7. The highest BCUT2D eigenvalue weighted by atomic mass is 79.9. The minimum absolute atomic E-state index is 0.232. The van der Waals surface area contributed by atoms with Crippen molar-refractivity contribution in [3.8, 4) is 0 Å². The molecule has 0 amide bonds. The maximum absolute atomic E-state index is 13.7. The molecule has 118 valence electrons. The van der Waals surface area contributed by atoms with Crippen LogP contribution in [0.15, 0.2) is 33.0 Å². The lowest BCUT2D eigenvalue weighted by atomic mass is 10.2. The second-order valence-corrected chi connectivity index (χ2v) is 6.67. The van der Waals surface area contributed by atoms with Crippen LogP contribution in [0.25, 0.3) is 0 Å². The van der Waals surface area contributed by atoms with Gasteiger partial charge in [-0.1, -0.05) is 15.9 Å². The second-order valence-electron chi connectivity index (χ2n) is 4.70. The SMILES string of the molecule is CN=C(NCCc1csc(C)n1)NCc1cc(Br)ccc1F. The fourth-order valence-electron chi connectivity index (χ4n) is 1.91. The Bertz CT molecular complexity index is 657. The third-order valence-corrected chi connectivity index (χ3v) is 4.33. The number of aromatic nitrogens is 1. The fourth-order valence-corrected chi connectivity index (χ4v) is 2.97. The number of nitrogens with one attached hydrogen (secondary N) is 2. The van der Waals surface area contributed by atoms with Crippen molar-refractivity contribution in [2.75, 3.05) is 13.6 Å². The van der Waals surface area contributed by atoms with Crippen molar-refractivity contribution in [3.05, 3.63) is 50.1 Å². The number of thiazole rings is 1. The molecule has 7 heteroatoms. The van der Waals surface area contributed by atoms with Gasteiger partial charge in [0.25, 0.3) is 0 Å². The van der Waals surface area contributed by atoms with Gasteiger partial charge in [-0.25, -0.2) is 9.37 Å². The molecule has 0 saturated carbocycles. The Labute approximate surface area is 142 Å². The number of hydrogen-bond acceptors (Lipinski definition) is 3. The third-order valence-electron chi connectivity index (χ3n) is 3.02. The van der Waals surface area contributed by atoms with Crippen molar-refractivity contribution in [2.24, 2.45) is 4.99 Å². The molecule has 2 rings (SSSR count). The molecule has 2 aromatic rings.